The van der Waals surface area contributed by atoms with Crippen molar-refractivity contribution in [3.05, 3.63) is 65.2 Å². The Morgan fingerprint density at radius 2 is 1.88 bits per heavy atom. The van der Waals surface area contributed by atoms with Gasteiger partial charge >= 0.3 is 6.03 Å². The van der Waals surface area contributed by atoms with Crippen LogP contribution in [0.2, 0.25) is 0 Å². The van der Waals surface area contributed by atoms with Crippen molar-refractivity contribution in [3.8, 4) is 0 Å². The van der Waals surface area contributed by atoms with E-state index in [4.69, 9.17) is 0 Å². The number of benzene rings is 2. The Bertz CT molecular complexity index is 774. The molecule has 0 bridgehead atoms. The van der Waals surface area contributed by atoms with Crippen molar-refractivity contribution in [2.24, 2.45) is 0 Å². The first kappa shape index (κ1) is 17.0. The van der Waals surface area contributed by atoms with E-state index in [-0.39, 0.29) is 11.9 Å². The summed E-state index contributed by atoms with van der Waals surface area (Å²) in [7, 11) is 0. The molecule has 1 saturated heterocycles. The molecule has 2 aromatic rings. The third-order valence-electron chi connectivity index (χ3n) is 4.61. The first-order chi connectivity index (χ1) is 12.0. The summed E-state index contributed by atoms with van der Waals surface area (Å²) in [6.07, 6.45) is 0.616. The molecule has 3 amide bonds. The maximum atomic E-state index is 12.6. The fourth-order valence-electron chi connectivity index (χ4n) is 2.95. The van der Waals surface area contributed by atoms with Crippen LogP contribution in [0.4, 0.5) is 10.5 Å². The van der Waals surface area contributed by atoms with Crippen LogP contribution in [0, 0.1) is 13.8 Å². The molecule has 25 heavy (non-hydrogen) atoms. The van der Waals surface area contributed by atoms with E-state index >= 15 is 0 Å². The van der Waals surface area contributed by atoms with Gasteiger partial charge in [-0.2, -0.15) is 0 Å². The second kappa shape index (κ2) is 7.38. The number of hydrogen-bond donors (Lipinski definition) is 2. The maximum Gasteiger partial charge on any atom is 0.315 e. The highest BCUT2D eigenvalue weighted by Gasteiger charge is 2.33. The molecule has 2 N–H and O–H groups in total. The summed E-state index contributed by atoms with van der Waals surface area (Å²) in [5.41, 5.74) is 4.27. The van der Waals surface area contributed by atoms with Crippen LogP contribution in [-0.4, -0.2) is 24.5 Å². The molecule has 1 heterocycles. The van der Waals surface area contributed by atoms with Crippen LogP contribution in [0.1, 0.15) is 23.1 Å². The molecular weight excluding hydrogens is 314 g/mol. The van der Waals surface area contributed by atoms with Gasteiger partial charge in [0.2, 0.25) is 5.91 Å². The van der Waals surface area contributed by atoms with E-state index < -0.39 is 6.04 Å². The van der Waals surface area contributed by atoms with Gasteiger partial charge in [0.05, 0.1) is 0 Å². The molecule has 1 aliphatic rings. The lowest BCUT2D eigenvalue weighted by Crippen LogP contribution is -2.45. The van der Waals surface area contributed by atoms with E-state index in [1.807, 2.05) is 62.4 Å². The van der Waals surface area contributed by atoms with E-state index in [0.717, 1.165) is 16.8 Å². The number of hydrogen-bond acceptors (Lipinski definition) is 2. The predicted molar refractivity (Wildman–Crippen MR) is 98.5 cm³/mol. The Morgan fingerprint density at radius 3 is 2.60 bits per heavy atom. The third-order valence-corrected chi connectivity index (χ3v) is 4.61. The van der Waals surface area contributed by atoms with Crippen molar-refractivity contribution in [3.63, 3.8) is 0 Å². The summed E-state index contributed by atoms with van der Waals surface area (Å²) in [5.74, 6) is -0.0573. The number of rotatable bonds is 4. The summed E-state index contributed by atoms with van der Waals surface area (Å²) in [5, 5.41) is 5.58. The van der Waals surface area contributed by atoms with E-state index in [1.165, 1.54) is 5.56 Å². The second-order valence-electron chi connectivity index (χ2n) is 6.41. The van der Waals surface area contributed by atoms with E-state index in [2.05, 4.69) is 10.6 Å². The second-order valence-corrected chi connectivity index (χ2v) is 6.41. The normalized spacial score (nSPS) is 16.8. The summed E-state index contributed by atoms with van der Waals surface area (Å²) in [6, 6.07) is 14.9. The number of urea groups is 1. The van der Waals surface area contributed by atoms with Crippen molar-refractivity contribution < 1.29 is 9.59 Å². The standard InChI is InChI=1S/C20H23N3O2/c1-14-8-9-17(12-15(14)2)23-11-10-18(19(23)24)22-20(25)21-13-16-6-4-3-5-7-16/h3-9,12,18H,10-11,13H2,1-2H3,(H2,21,22,25)/t18-/m1/s1. The number of carbonyl (C=O) groups excluding carboxylic acids is 2. The molecular formula is C20H23N3O2. The van der Waals surface area contributed by atoms with Gasteiger partial charge in [0.1, 0.15) is 6.04 Å². The van der Waals surface area contributed by atoms with Crippen molar-refractivity contribution >= 4 is 17.6 Å². The molecule has 5 heteroatoms. The third kappa shape index (κ3) is 3.99. The van der Waals surface area contributed by atoms with Crippen LogP contribution in [0.3, 0.4) is 0 Å². The molecule has 0 spiro atoms. The first-order valence-corrected chi connectivity index (χ1v) is 8.51. The average Bonchev–Trinajstić information content (AvgIpc) is 2.97. The number of carbonyl (C=O) groups is 2. The lowest BCUT2D eigenvalue weighted by molar-refractivity contribution is -0.118. The van der Waals surface area contributed by atoms with Gasteiger partial charge in [-0.25, -0.2) is 4.79 Å². The highest BCUT2D eigenvalue weighted by atomic mass is 16.2. The van der Waals surface area contributed by atoms with Gasteiger partial charge in [0.15, 0.2) is 0 Å². The minimum atomic E-state index is -0.475. The number of nitrogens with zero attached hydrogens (tertiary/aromatic N) is 1. The summed E-state index contributed by atoms with van der Waals surface area (Å²) >= 11 is 0. The molecule has 1 fully saturated rings. The van der Waals surface area contributed by atoms with Crippen molar-refractivity contribution in [2.75, 3.05) is 11.4 Å². The number of aryl methyl sites for hydroxylation is 2. The van der Waals surface area contributed by atoms with Gasteiger partial charge in [-0.15, -0.1) is 0 Å². The number of nitrogens with one attached hydrogen (secondary N) is 2. The van der Waals surface area contributed by atoms with E-state index in [1.54, 1.807) is 4.90 Å². The zero-order chi connectivity index (χ0) is 17.8. The van der Waals surface area contributed by atoms with E-state index in [9.17, 15) is 9.59 Å². The summed E-state index contributed by atoms with van der Waals surface area (Å²) in [4.78, 5) is 26.4. The van der Waals surface area contributed by atoms with Crippen LogP contribution in [-0.2, 0) is 11.3 Å². The van der Waals surface area contributed by atoms with Crippen LogP contribution in [0.5, 0.6) is 0 Å². The minimum absolute atomic E-state index is 0.0573. The number of anilines is 1. The average molecular weight is 337 g/mol. The van der Waals surface area contributed by atoms with Gasteiger partial charge in [-0.3, -0.25) is 4.79 Å². The van der Waals surface area contributed by atoms with Crippen LogP contribution in [0.15, 0.2) is 48.5 Å². The van der Waals surface area contributed by atoms with Crippen molar-refractivity contribution in [2.45, 2.75) is 32.9 Å². The van der Waals surface area contributed by atoms with Crippen LogP contribution < -0.4 is 15.5 Å². The molecule has 5 nitrogen and oxygen atoms in total. The van der Waals surface area contributed by atoms with Gasteiger partial charge < -0.3 is 15.5 Å². The van der Waals surface area contributed by atoms with Gasteiger partial charge in [0.25, 0.3) is 0 Å². The van der Waals surface area contributed by atoms with Crippen molar-refractivity contribution in [1.29, 1.82) is 0 Å². The Kier molecular flexibility index (Phi) is 5.03. The molecule has 0 aliphatic carbocycles. The lowest BCUT2D eigenvalue weighted by Gasteiger charge is -2.18. The summed E-state index contributed by atoms with van der Waals surface area (Å²) < 4.78 is 0. The van der Waals surface area contributed by atoms with Gasteiger partial charge in [0, 0.05) is 18.8 Å². The SMILES string of the molecule is Cc1ccc(N2CC[C@@H](NC(=O)NCc3ccccc3)C2=O)cc1C. The highest BCUT2D eigenvalue weighted by molar-refractivity contribution is 6.01. The molecule has 0 unspecified atom stereocenters. The lowest BCUT2D eigenvalue weighted by atomic mass is 10.1. The first-order valence-electron chi connectivity index (χ1n) is 8.51. The van der Waals surface area contributed by atoms with E-state index in [0.29, 0.717) is 19.5 Å². The van der Waals surface area contributed by atoms with Crippen LogP contribution in [0.25, 0.3) is 0 Å². The monoisotopic (exact) mass is 337 g/mol. The fourth-order valence-corrected chi connectivity index (χ4v) is 2.95. The molecule has 0 radical (unpaired) electrons. The molecule has 2 aromatic carbocycles. The van der Waals surface area contributed by atoms with Gasteiger partial charge in [-0.1, -0.05) is 36.4 Å². The quantitative estimate of drug-likeness (QED) is 0.901. The molecule has 3 rings (SSSR count). The Hall–Kier alpha value is -2.82. The Morgan fingerprint density at radius 1 is 1.12 bits per heavy atom. The largest absolute Gasteiger partial charge is 0.334 e. The number of amides is 3. The highest BCUT2D eigenvalue weighted by Crippen LogP contribution is 2.24. The smallest absolute Gasteiger partial charge is 0.315 e. The molecule has 130 valence electrons. The fraction of sp³-hybridized carbons (Fsp3) is 0.300. The molecule has 0 aromatic heterocycles. The van der Waals surface area contributed by atoms with Gasteiger partial charge in [-0.05, 0) is 49.1 Å². The zero-order valence-corrected chi connectivity index (χ0v) is 14.6. The Balaban J connectivity index is 1.56. The van der Waals surface area contributed by atoms with Crippen molar-refractivity contribution in [1.82, 2.24) is 10.6 Å². The molecule has 1 atom stereocenters. The Labute approximate surface area is 148 Å². The zero-order valence-electron chi connectivity index (χ0n) is 14.6. The minimum Gasteiger partial charge on any atom is -0.334 e. The summed E-state index contributed by atoms with van der Waals surface area (Å²) in [6.45, 7) is 5.14. The topological polar surface area (TPSA) is 61.4 Å². The van der Waals surface area contributed by atoms with Crippen LogP contribution >= 0.6 is 0 Å². The molecule has 1 aliphatic heterocycles. The molecule has 0 saturated carbocycles. The predicted octanol–water partition coefficient (Wildman–Crippen LogP) is 2.91. The maximum absolute atomic E-state index is 12.6.